The van der Waals surface area contributed by atoms with Gasteiger partial charge in [-0.25, -0.2) is 0 Å². The van der Waals surface area contributed by atoms with Crippen LogP contribution in [-0.2, 0) is 0 Å². The molecule has 0 radical (unpaired) electrons. The number of unbranched alkanes of at least 4 members (excludes halogenated alkanes) is 1. The van der Waals surface area contributed by atoms with Crippen LogP contribution >= 0.6 is 0 Å². The normalized spacial score (nSPS) is 26.2. The molecule has 1 fully saturated rings. The van der Waals surface area contributed by atoms with E-state index in [2.05, 4.69) is 24.0 Å². The molecule has 0 aromatic carbocycles. The van der Waals surface area contributed by atoms with Gasteiger partial charge < -0.3 is 10.3 Å². The van der Waals surface area contributed by atoms with E-state index < -0.39 is 0 Å². The number of hydrogen-bond donors (Lipinski definition) is 1. The number of aromatic nitrogens is 2. The number of rotatable bonds is 5. The first kappa shape index (κ1) is 13.5. The third-order valence-corrected chi connectivity index (χ3v) is 3.94. The van der Waals surface area contributed by atoms with E-state index in [0.717, 1.165) is 31.0 Å². The van der Waals surface area contributed by atoms with E-state index in [1.54, 1.807) is 0 Å². The Hall–Kier alpha value is -0.900. The molecule has 0 aliphatic heterocycles. The molecule has 0 saturated heterocycles. The summed E-state index contributed by atoms with van der Waals surface area (Å²) in [4.78, 5) is 4.52. The highest BCUT2D eigenvalue weighted by atomic mass is 16.5. The second-order valence-electron chi connectivity index (χ2n) is 5.71. The molecule has 0 bridgehead atoms. The maximum absolute atomic E-state index is 6.05. The quantitative estimate of drug-likeness (QED) is 0.869. The molecule has 1 aromatic rings. The van der Waals surface area contributed by atoms with Crippen LogP contribution in [0.25, 0.3) is 0 Å². The van der Waals surface area contributed by atoms with Gasteiger partial charge >= 0.3 is 0 Å². The molecule has 2 rings (SSSR count). The van der Waals surface area contributed by atoms with Crippen molar-refractivity contribution in [2.75, 3.05) is 0 Å². The molecule has 2 N–H and O–H groups in total. The fourth-order valence-electron chi connectivity index (χ4n) is 2.78. The molecule has 102 valence electrons. The maximum Gasteiger partial charge on any atom is 0.243 e. The van der Waals surface area contributed by atoms with Crippen LogP contribution in [0.1, 0.15) is 82.5 Å². The van der Waals surface area contributed by atoms with E-state index >= 15 is 0 Å². The van der Waals surface area contributed by atoms with Crippen molar-refractivity contribution in [2.45, 2.75) is 70.8 Å². The first-order valence-electron chi connectivity index (χ1n) is 7.29. The summed E-state index contributed by atoms with van der Waals surface area (Å²) >= 11 is 0. The predicted octanol–water partition coefficient (Wildman–Crippen LogP) is 3.55. The number of nitrogens with zero attached hydrogens (tertiary/aromatic N) is 2. The predicted molar refractivity (Wildman–Crippen MR) is 71.1 cm³/mol. The van der Waals surface area contributed by atoms with Crippen molar-refractivity contribution < 1.29 is 4.52 Å². The Morgan fingerprint density at radius 3 is 3.00 bits per heavy atom. The molecule has 0 amide bonds. The molecule has 1 aliphatic rings. The summed E-state index contributed by atoms with van der Waals surface area (Å²) in [7, 11) is 0. The maximum atomic E-state index is 6.05. The molecule has 0 spiro atoms. The van der Waals surface area contributed by atoms with Crippen LogP contribution in [0.4, 0.5) is 0 Å². The lowest BCUT2D eigenvalue weighted by Crippen LogP contribution is -2.14. The Balaban J connectivity index is 1.96. The van der Waals surface area contributed by atoms with Crippen molar-refractivity contribution in [2.24, 2.45) is 11.7 Å². The van der Waals surface area contributed by atoms with Crippen LogP contribution in [0.2, 0.25) is 0 Å². The summed E-state index contributed by atoms with van der Waals surface area (Å²) in [6.07, 6.45) is 8.17. The zero-order chi connectivity index (χ0) is 13.0. The van der Waals surface area contributed by atoms with Crippen molar-refractivity contribution in [3.63, 3.8) is 0 Å². The van der Waals surface area contributed by atoms with Gasteiger partial charge in [0.15, 0.2) is 5.82 Å². The van der Waals surface area contributed by atoms with Crippen LogP contribution in [0.15, 0.2) is 4.52 Å². The monoisotopic (exact) mass is 251 g/mol. The highest BCUT2D eigenvalue weighted by molar-refractivity contribution is 4.99. The minimum atomic E-state index is -0.0905. The summed E-state index contributed by atoms with van der Waals surface area (Å²) < 4.78 is 5.33. The summed E-state index contributed by atoms with van der Waals surface area (Å²) in [5.74, 6) is 2.75. The van der Waals surface area contributed by atoms with Gasteiger partial charge in [0.05, 0.1) is 6.04 Å². The first-order valence-corrected chi connectivity index (χ1v) is 7.29. The van der Waals surface area contributed by atoms with Gasteiger partial charge in [0.2, 0.25) is 5.89 Å². The zero-order valence-electron chi connectivity index (χ0n) is 11.6. The molecule has 1 saturated carbocycles. The van der Waals surface area contributed by atoms with Gasteiger partial charge in [-0.2, -0.15) is 4.98 Å². The molecule has 3 atom stereocenters. The van der Waals surface area contributed by atoms with Crippen molar-refractivity contribution >= 4 is 0 Å². The lowest BCUT2D eigenvalue weighted by molar-refractivity contribution is 0.314. The van der Waals surface area contributed by atoms with Crippen LogP contribution in [0, 0.1) is 5.92 Å². The lowest BCUT2D eigenvalue weighted by Gasteiger charge is -2.23. The lowest BCUT2D eigenvalue weighted by atomic mass is 9.82. The first-order chi connectivity index (χ1) is 8.70. The third kappa shape index (κ3) is 3.31. The summed E-state index contributed by atoms with van der Waals surface area (Å²) in [5.41, 5.74) is 6.05. The van der Waals surface area contributed by atoms with Gasteiger partial charge in [-0.1, -0.05) is 44.7 Å². The van der Waals surface area contributed by atoms with Crippen LogP contribution < -0.4 is 5.73 Å². The van der Waals surface area contributed by atoms with E-state index in [1.807, 2.05) is 0 Å². The molecule has 1 aliphatic carbocycles. The average molecular weight is 251 g/mol. The fourth-order valence-corrected chi connectivity index (χ4v) is 2.78. The van der Waals surface area contributed by atoms with Crippen LogP contribution in [-0.4, -0.2) is 10.1 Å². The standard InChI is InChI=1S/C14H25N3O/c1-3-4-8-12(15)14-16-13(17-18-14)11-7-5-6-10(2)9-11/h10-12H,3-9,15H2,1-2H3. The Kier molecular flexibility index (Phi) is 4.75. The van der Waals surface area contributed by atoms with Crippen molar-refractivity contribution in [3.05, 3.63) is 11.7 Å². The number of nitrogens with two attached hydrogens (primary N) is 1. The summed E-state index contributed by atoms with van der Waals surface area (Å²) in [6, 6.07) is -0.0905. The minimum Gasteiger partial charge on any atom is -0.338 e. The molecule has 4 nitrogen and oxygen atoms in total. The van der Waals surface area contributed by atoms with E-state index in [1.165, 1.54) is 25.7 Å². The Labute approximate surface area is 109 Å². The van der Waals surface area contributed by atoms with Gasteiger partial charge in [-0.05, 0) is 25.2 Å². The highest BCUT2D eigenvalue weighted by Crippen LogP contribution is 2.34. The Bertz CT molecular complexity index is 364. The molecule has 3 unspecified atom stereocenters. The summed E-state index contributed by atoms with van der Waals surface area (Å²) in [5, 5.41) is 4.14. The zero-order valence-corrected chi connectivity index (χ0v) is 11.6. The average Bonchev–Trinajstić information content (AvgIpc) is 2.85. The van der Waals surface area contributed by atoms with Gasteiger partial charge in [-0.15, -0.1) is 0 Å². The Morgan fingerprint density at radius 2 is 2.28 bits per heavy atom. The van der Waals surface area contributed by atoms with Crippen LogP contribution in [0.5, 0.6) is 0 Å². The van der Waals surface area contributed by atoms with Crippen molar-refractivity contribution in [3.8, 4) is 0 Å². The fraction of sp³-hybridized carbons (Fsp3) is 0.857. The largest absolute Gasteiger partial charge is 0.338 e. The van der Waals surface area contributed by atoms with Crippen LogP contribution in [0.3, 0.4) is 0 Å². The van der Waals surface area contributed by atoms with Gasteiger partial charge in [0.25, 0.3) is 0 Å². The van der Waals surface area contributed by atoms with Gasteiger partial charge in [0, 0.05) is 5.92 Å². The van der Waals surface area contributed by atoms with E-state index in [0.29, 0.717) is 11.8 Å². The van der Waals surface area contributed by atoms with E-state index in [-0.39, 0.29) is 6.04 Å². The minimum absolute atomic E-state index is 0.0905. The van der Waals surface area contributed by atoms with Gasteiger partial charge in [0.1, 0.15) is 0 Å². The third-order valence-electron chi connectivity index (χ3n) is 3.94. The molecular weight excluding hydrogens is 226 g/mol. The van der Waals surface area contributed by atoms with Crippen molar-refractivity contribution in [1.82, 2.24) is 10.1 Å². The molecule has 1 aromatic heterocycles. The SMILES string of the molecule is CCCCC(N)c1nc(C2CCCC(C)C2)no1. The molecule has 4 heteroatoms. The summed E-state index contributed by atoms with van der Waals surface area (Å²) in [6.45, 7) is 4.47. The second kappa shape index (κ2) is 6.32. The van der Waals surface area contributed by atoms with Gasteiger partial charge in [-0.3, -0.25) is 0 Å². The van der Waals surface area contributed by atoms with E-state index in [4.69, 9.17) is 10.3 Å². The highest BCUT2D eigenvalue weighted by Gasteiger charge is 2.25. The van der Waals surface area contributed by atoms with E-state index in [9.17, 15) is 0 Å². The number of hydrogen-bond acceptors (Lipinski definition) is 4. The second-order valence-corrected chi connectivity index (χ2v) is 5.71. The van der Waals surface area contributed by atoms with Crippen molar-refractivity contribution in [1.29, 1.82) is 0 Å². The molecule has 18 heavy (non-hydrogen) atoms. The molecule has 1 heterocycles. The molecular formula is C14H25N3O. The topological polar surface area (TPSA) is 64.9 Å². The Morgan fingerprint density at radius 1 is 1.44 bits per heavy atom. The smallest absolute Gasteiger partial charge is 0.243 e.